The minimum Gasteiger partial charge on any atom is -0.414 e. The molecule has 0 aromatic carbocycles. The summed E-state index contributed by atoms with van der Waals surface area (Å²) >= 11 is 0. The first kappa shape index (κ1) is 50.1. The molecular formula is C52H86O12Si2. The molecule has 1 spiro atoms. The molecule has 12 bridgehead atoms. The average molecular weight is 959 g/mol. The van der Waals surface area contributed by atoms with E-state index in [0.717, 1.165) is 56.1 Å². The first-order chi connectivity index (χ1) is 30.9. The van der Waals surface area contributed by atoms with Gasteiger partial charge in [-0.2, -0.15) is 0 Å². The van der Waals surface area contributed by atoms with Gasteiger partial charge in [0.15, 0.2) is 22.4 Å². The topological polar surface area (TPSA) is 119 Å². The van der Waals surface area contributed by atoms with Gasteiger partial charge in [-0.1, -0.05) is 61.6 Å². The van der Waals surface area contributed by atoms with Gasteiger partial charge in [0.25, 0.3) is 0 Å². The third-order valence-electron chi connectivity index (χ3n) is 18.4. The van der Waals surface area contributed by atoms with Crippen LogP contribution >= 0.6 is 0 Å². The summed E-state index contributed by atoms with van der Waals surface area (Å²) in [7, 11) is -2.55. The molecule has 10 rings (SSSR count). The van der Waals surface area contributed by atoms with Gasteiger partial charge in [0.1, 0.15) is 36.3 Å². The number of hydrogen-bond donors (Lipinski definition) is 0. The number of ketones is 1. The van der Waals surface area contributed by atoms with Crippen LogP contribution in [0.1, 0.15) is 132 Å². The highest BCUT2D eigenvalue weighted by atomic mass is 28.4. The van der Waals surface area contributed by atoms with E-state index in [9.17, 15) is 4.79 Å². The monoisotopic (exact) mass is 959 g/mol. The largest absolute Gasteiger partial charge is 0.414 e. The van der Waals surface area contributed by atoms with Crippen LogP contribution in [0.25, 0.3) is 0 Å². The maximum Gasteiger partial charge on any atom is 0.192 e. The minimum absolute atomic E-state index is 0.00884. The lowest BCUT2D eigenvalue weighted by Crippen LogP contribution is -2.61. The second-order valence-corrected chi connectivity index (χ2v) is 34.7. The molecule has 0 N–H and O–H groups in total. The highest BCUT2D eigenvalue weighted by molar-refractivity contribution is 6.74. The molecule has 0 aliphatic carbocycles. The molecular weight excluding hydrogens is 873 g/mol. The van der Waals surface area contributed by atoms with Crippen molar-refractivity contribution >= 4 is 22.4 Å². The van der Waals surface area contributed by atoms with Gasteiger partial charge in [0, 0.05) is 51.6 Å². The Labute approximate surface area is 398 Å². The van der Waals surface area contributed by atoms with Crippen LogP contribution in [0.2, 0.25) is 36.3 Å². The molecule has 10 fully saturated rings. The van der Waals surface area contributed by atoms with Crippen LogP contribution < -0.4 is 0 Å². The first-order valence-electron chi connectivity index (χ1n) is 25.9. The van der Waals surface area contributed by atoms with Crippen LogP contribution in [0.5, 0.6) is 0 Å². The maximum atomic E-state index is 14.6. The van der Waals surface area contributed by atoms with Crippen LogP contribution in [0, 0.1) is 11.8 Å². The molecule has 0 aromatic rings. The van der Waals surface area contributed by atoms with E-state index in [4.69, 9.17) is 51.5 Å². The number of rotatable bonds is 8. The van der Waals surface area contributed by atoms with Crippen molar-refractivity contribution in [2.24, 2.45) is 11.8 Å². The molecule has 66 heavy (non-hydrogen) atoms. The zero-order chi connectivity index (χ0) is 47.3. The molecule has 0 saturated carbocycles. The first-order valence-corrected chi connectivity index (χ1v) is 31.8. The summed E-state index contributed by atoms with van der Waals surface area (Å²) in [6.07, 6.45) is 5.96. The van der Waals surface area contributed by atoms with Crippen molar-refractivity contribution in [3.63, 3.8) is 0 Å². The molecule has 0 aromatic heterocycles. The quantitative estimate of drug-likeness (QED) is 0.170. The van der Waals surface area contributed by atoms with Gasteiger partial charge in [0.2, 0.25) is 0 Å². The predicted molar refractivity (Wildman–Crippen MR) is 256 cm³/mol. The molecule has 0 amide bonds. The summed E-state index contributed by atoms with van der Waals surface area (Å²) in [4.78, 5) is 14.6. The lowest BCUT2D eigenvalue weighted by molar-refractivity contribution is -0.292. The Morgan fingerprint density at radius 1 is 0.697 bits per heavy atom. The summed E-state index contributed by atoms with van der Waals surface area (Å²) in [6.45, 7) is 34.8. The van der Waals surface area contributed by atoms with E-state index in [0.29, 0.717) is 45.1 Å². The predicted octanol–water partition coefficient (Wildman–Crippen LogP) is 9.53. The van der Waals surface area contributed by atoms with Gasteiger partial charge in [0.05, 0.1) is 73.8 Å². The van der Waals surface area contributed by atoms with Gasteiger partial charge < -0.3 is 51.5 Å². The average Bonchev–Trinajstić information content (AvgIpc) is 3.90. The number of carbonyl (C=O) groups is 1. The number of carbonyl (C=O) groups excluding carboxylic acids is 1. The molecule has 10 aliphatic rings. The van der Waals surface area contributed by atoms with Crippen LogP contribution in [-0.2, 0) is 56.3 Å². The van der Waals surface area contributed by atoms with E-state index in [1.807, 2.05) is 0 Å². The Bertz CT molecular complexity index is 1790. The van der Waals surface area contributed by atoms with Gasteiger partial charge in [-0.15, -0.1) is 0 Å². The van der Waals surface area contributed by atoms with Gasteiger partial charge in [-0.3, -0.25) is 4.79 Å². The molecule has 0 radical (unpaired) electrons. The smallest absolute Gasteiger partial charge is 0.192 e. The Kier molecular flexibility index (Phi) is 14.1. The van der Waals surface area contributed by atoms with Crippen molar-refractivity contribution in [2.45, 2.75) is 272 Å². The lowest BCUT2D eigenvalue weighted by Gasteiger charge is -2.47. The Hall–Kier alpha value is -0.856. The number of methoxy groups -OCH3 is 1. The van der Waals surface area contributed by atoms with E-state index in [-0.39, 0.29) is 125 Å². The number of ether oxygens (including phenoxy) is 9. The lowest BCUT2D eigenvalue weighted by atomic mass is 9.81. The van der Waals surface area contributed by atoms with E-state index in [2.05, 4.69) is 87.8 Å². The number of Topliss-reactive ketones (excluding diaryl/α,β-unsaturated/α-hetero) is 1. The van der Waals surface area contributed by atoms with Crippen molar-refractivity contribution in [3.8, 4) is 0 Å². The van der Waals surface area contributed by atoms with Crippen LogP contribution in [-0.4, -0.2) is 140 Å². The molecule has 10 saturated heterocycles. The molecule has 5 unspecified atom stereocenters. The number of hydrogen-bond acceptors (Lipinski definition) is 12. The molecule has 374 valence electrons. The van der Waals surface area contributed by atoms with E-state index < -0.39 is 22.4 Å². The van der Waals surface area contributed by atoms with Crippen molar-refractivity contribution in [2.75, 3.05) is 13.7 Å². The number of fused-ring (bicyclic) bond motifs is 6. The van der Waals surface area contributed by atoms with Crippen molar-refractivity contribution in [1.82, 2.24) is 0 Å². The van der Waals surface area contributed by atoms with E-state index in [1.54, 1.807) is 7.11 Å². The second-order valence-electron chi connectivity index (χ2n) is 25.1. The SMILES string of the molecule is C=C1CC2CC[C@@]34CC5O[C@H]6[C@@H](O3)[C@H]3OC(CC[C@@H]3O[C@H]6[C@H]5O4)CC(=O)CC3[C@H](C[C@H]4O[C@@H](CCC1O2)C[C@@H](C)C4=C)O[C@H](C[C@@H](CO[Si](C)(C)C(C)(C)C)O[Si](C)(C)C(C)(C)C)[C@@H]3OC. The standard InChI is InChI=1S/C52H86O12Si2/c1-29-21-33-15-17-38-30(2)22-35(56-38)19-20-52-27-43-46(62-52)47-48(61-43)49(63-52)45-39(60-47)18-16-34(58-45)23-32(53)24-37-41(26-40(57-33)31(29)3)59-42(44(37)54-10)25-36(64-66(13,14)51(7,8)9)28-55-65(11,12)50(4,5)6/h29,33-49H,2-3,15-28H2,1,4-14H3/t29-,33+,34?,35?,36+,37?,38?,39+,40-,41+,42-,43?,44-,45+,46+,47+,48-,49+,52+/m1/s1. The van der Waals surface area contributed by atoms with Gasteiger partial charge in [-0.25, -0.2) is 0 Å². The van der Waals surface area contributed by atoms with Gasteiger partial charge in [-0.05, 0) is 98.3 Å². The zero-order valence-electron chi connectivity index (χ0n) is 42.6. The fourth-order valence-corrected chi connectivity index (χ4v) is 14.8. The van der Waals surface area contributed by atoms with Crippen LogP contribution in [0.15, 0.2) is 24.3 Å². The van der Waals surface area contributed by atoms with E-state index in [1.165, 1.54) is 0 Å². The van der Waals surface area contributed by atoms with E-state index >= 15 is 0 Å². The minimum atomic E-state index is -2.22. The molecule has 10 heterocycles. The summed E-state index contributed by atoms with van der Waals surface area (Å²) in [5.74, 6) is -0.554. The fourth-order valence-electron chi connectivity index (χ4n) is 12.4. The molecule has 12 nitrogen and oxygen atoms in total. The second kappa shape index (κ2) is 18.6. The molecule has 14 heteroatoms. The highest BCUT2D eigenvalue weighted by Crippen LogP contribution is 2.55. The van der Waals surface area contributed by atoms with Gasteiger partial charge >= 0.3 is 0 Å². The highest BCUT2D eigenvalue weighted by Gasteiger charge is 2.69. The zero-order valence-corrected chi connectivity index (χ0v) is 44.6. The van der Waals surface area contributed by atoms with Crippen LogP contribution in [0.3, 0.4) is 0 Å². The summed E-state index contributed by atoms with van der Waals surface area (Å²) in [5, 5.41) is 0.0634. The normalized spacial score (nSPS) is 44.9. The van der Waals surface area contributed by atoms with Crippen molar-refractivity contribution < 1.29 is 56.3 Å². The summed E-state index contributed by atoms with van der Waals surface area (Å²) < 4.78 is 76.0. The Morgan fingerprint density at radius 3 is 2.09 bits per heavy atom. The molecule has 19 atom stereocenters. The maximum absolute atomic E-state index is 14.6. The Balaban J connectivity index is 0.993. The fraction of sp³-hybridized carbons (Fsp3) is 0.904. The Morgan fingerprint density at radius 2 is 1.36 bits per heavy atom. The van der Waals surface area contributed by atoms with Crippen LogP contribution in [0.4, 0.5) is 0 Å². The molecule has 10 aliphatic heterocycles. The van der Waals surface area contributed by atoms with Crippen molar-refractivity contribution in [1.29, 1.82) is 0 Å². The third kappa shape index (κ3) is 9.87. The summed E-state index contributed by atoms with van der Waals surface area (Å²) in [5.41, 5.74) is 2.25. The summed E-state index contributed by atoms with van der Waals surface area (Å²) in [6, 6.07) is 0. The third-order valence-corrected chi connectivity index (χ3v) is 27.4. The van der Waals surface area contributed by atoms with Crippen molar-refractivity contribution in [3.05, 3.63) is 24.3 Å².